The summed E-state index contributed by atoms with van der Waals surface area (Å²) < 4.78 is 0.877. The lowest BCUT2D eigenvalue weighted by Crippen LogP contribution is -1.77. The second-order valence-corrected chi connectivity index (χ2v) is 3.46. The van der Waals surface area contributed by atoms with E-state index in [0.717, 1.165) is 10.0 Å². The molecule has 0 amide bonds. The molecule has 1 rings (SSSR count). The molecule has 0 unspecified atom stereocenters. The summed E-state index contributed by atoms with van der Waals surface area (Å²) in [6.45, 7) is 3.72. The van der Waals surface area contributed by atoms with E-state index in [4.69, 9.17) is 23.2 Å². The lowest BCUT2D eigenvalue weighted by molar-refractivity contribution is 1.56. The minimum atomic E-state index is 0.510. The first-order chi connectivity index (χ1) is 4.63. The van der Waals surface area contributed by atoms with Crippen molar-refractivity contribution in [3.05, 3.63) is 39.1 Å². The van der Waals surface area contributed by atoms with Gasteiger partial charge in [0.15, 0.2) is 0 Å². The number of rotatable bonds is 0. The average molecular weight is 239 g/mol. The fraction of sp³-hybridized carbons (Fsp3) is 0. The quantitative estimate of drug-likeness (QED) is 0.601. The molecule has 0 fully saturated rings. The Morgan fingerprint density at radius 3 is 2.40 bits per heavy atom. The summed E-state index contributed by atoms with van der Waals surface area (Å²) in [6, 6.07) is 3.54. The van der Waals surface area contributed by atoms with Crippen LogP contribution in [0.3, 0.4) is 0 Å². The van der Waals surface area contributed by atoms with Crippen LogP contribution in [0.25, 0.3) is 0 Å². The molecular formula is C7H4BrCl2. The van der Waals surface area contributed by atoms with Gasteiger partial charge in [-0.2, -0.15) is 0 Å². The molecule has 0 spiro atoms. The summed E-state index contributed by atoms with van der Waals surface area (Å²) in [5.74, 6) is 0. The van der Waals surface area contributed by atoms with Crippen molar-refractivity contribution in [1.82, 2.24) is 0 Å². The first-order valence-corrected chi connectivity index (χ1v) is 4.13. The van der Waals surface area contributed by atoms with E-state index >= 15 is 0 Å². The minimum absolute atomic E-state index is 0.510. The van der Waals surface area contributed by atoms with Crippen molar-refractivity contribution in [3.63, 3.8) is 0 Å². The Kier molecular flexibility index (Phi) is 2.61. The molecule has 0 saturated heterocycles. The van der Waals surface area contributed by atoms with Crippen LogP contribution in [0.5, 0.6) is 0 Å². The van der Waals surface area contributed by atoms with Gasteiger partial charge in [0.25, 0.3) is 0 Å². The zero-order valence-electron chi connectivity index (χ0n) is 5.00. The maximum Gasteiger partial charge on any atom is 0.0635 e. The van der Waals surface area contributed by atoms with E-state index in [1.54, 1.807) is 6.07 Å². The van der Waals surface area contributed by atoms with Gasteiger partial charge in [0.1, 0.15) is 0 Å². The Labute approximate surface area is 78.3 Å². The zero-order chi connectivity index (χ0) is 7.72. The molecule has 0 heterocycles. The molecule has 3 heteroatoms. The van der Waals surface area contributed by atoms with Crippen molar-refractivity contribution >= 4 is 39.1 Å². The monoisotopic (exact) mass is 237 g/mol. The van der Waals surface area contributed by atoms with Crippen LogP contribution in [0.2, 0.25) is 10.0 Å². The van der Waals surface area contributed by atoms with Gasteiger partial charge in [0.05, 0.1) is 10.0 Å². The molecule has 1 aromatic carbocycles. The van der Waals surface area contributed by atoms with Crippen molar-refractivity contribution in [3.8, 4) is 0 Å². The lowest BCUT2D eigenvalue weighted by Gasteiger charge is -2.00. The third-order valence-electron chi connectivity index (χ3n) is 1.14. The number of hydrogen-bond acceptors (Lipinski definition) is 0. The Morgan fingerprint density at radius 1 is 1.30 bits per heavy atom. The smallest absolute Gasteiger partial charge is 0.0635 e. The van der Waals surface area contributed by atoms with Crippen molar-refractivity contribution in [1.29, 1.82) is 0 Å². The van der Waals surface area contributed by atoms with Crippen molar-refractivity contribution in [2.45, 2.75) is 0 Å². The zero-order valence-corrected chi connectivity index (χ0v) is 8.09. The second kappa shape index (κ2) is 3.12. The highest BCUT2D eigenvalue weighted by molar-refractivity contribution is 9.10. The van der Waals surface area contributed by atoms with E-state index in [-0.39, 0.29) is 0 Å². The van der Waals surface area contributed by atoms with Gasteiger partial charge in [-0.15, -0.1) is 0 Å². The molecular weight excluding hydrogens is 235 g/mol. The molecule has 0 atom stereocenters. The summed E-state index contributed by atoms with van der Waals surface area (Å²) in [5, 5.41) is 1.05. The van der Waals surface area contributed by atoms with E-state index in [1.165, 1.54) is 0 Å². The number of halogens is 3. The Morgan fingerprint density at radius 2 is 1.90 bits per heavy atom. The summed E-state index contributed by atoms with van der Waals surface area (Å²) in [7, 11) is 0. The standard InChI is InChI=1S/C7H4BrCl2/c1-4-5(8)2-3-6(9)7(4)10/h2-3H,1H2. The van der Waals surface area contributed by atoms with Gasteiger partial charge in [-0.3, -0.25) is 0 Å². The van der Waals surface area contributed by atoms with Crippen molar-refractivity contribution in [2.24, 2.45) is 0 Å². The van der Waals surface area contributed by atoms with Crippen molar-refractivity contribution in [2.75, 3.05) is 0 Å². The largest absolute Gasteiger partial charge is 0.0827 e. The topological polar surface area (TPSA) is 0 Å². The third kappa shape index (κ3) is 1.47. The molecule has 0 nitrogen and oxygen atoms in total. The summed E-state index contributed by atoms with van der Waals surface area (Å²) >= 11 is 14.7. The molecule has 1 aromatic rings. The van der Waals surface area contributed by atoms with Crippen LogP contribution in [0.15, 0.2) is 16.6 Å². The molecule has 0 aliphatic rings. The molecule has 1 radical (unpaired) electrons. The molecule has 0 bridgehead atoms. The van der Waals surface area contributed by atoms with Crippen LogP contribution in [0.1, 0.15) is 5.56 Å². The maximum absolute atomic E-state index is 5.76. The van der Waals surface area contributed by atoms with Gasteiger partial charge in [-0.05, 0) is 24.6 Å². The average Bonchev–Trinajstić information content (AvgIpc) is 1.93. The van der Waals surface area contributed by atoms with E-state index in [0.29, 0.717) is 10.0 Å². The summed E-state index contributed by atoms with van der Waals surface area (Å²) in [6.07, 6.45) is 0. The molecule has 0 N–H and O–H groups in total. The van der Waals surface area contributed by atoms with Gasteiger partial charge in [-0.1, -0.05) is 39.1 Å². The minimum Gasteiger partial charge on any atom is -0.0827 e. The lowest BCUT2D eigenvalue weighted by atomic mass is 10.2. The predicted octanol–water partition coefficient (Wildman–Crippen LogP) is 3.94. The first-order valence-electron chi connectivity index (χ1n) is 2.58. The van der Waals surface area contributed by atoms with Gasteiger partial charge >= 0.3 is 0 Å². The second-order valence-electron chi connectivity index (χ2n) is 1.82. The van der Waals surface area contributed by atoms with E-state index in [2.05, 4.69) is 22.9 Å². The highest BCUT2D eigenvalue weighted by Crippen LogP contribution is 2.30. The summed E-state index contributed by atoms with van der Waals surface area (Å²) in [4.78, 5) is 0. The maximum atomic E-state index is 5.76. The fourth-order valence-corrected chi connectivity index (χ4v) is 1.36. The molecule has 0 aliphatic heterocycles. The molecule has 53 valence electrons. The van der Waals surface area contributed by atoms with E-state index < -0.39 is 0 Å². The van der Waals surface area contributed by atoms with Gasteiger partial charge in [0, 0.05) is 4.47 Å². The Bertz CT molecular complexity index is 231. The molecule has 0 saturated carbocycles. The van der Waals surface area contributed by atoms with Gasteiger partial charge < -0.3 is 0 Å². The highest BCUT2D eigenvalue weighted by atomic mass is 79.9. The molecule has 0 aliphatic carbocycles. The Balaban J connectivity index is 3.34. The van der Waals surface area contributed by atoms with E-state index in [1.807, 2.05) is 6.07 Å². The van der Waals surface area contributed by atoms with Crippen LogP contribution in [0, 0.1) is 6.92 Å². The predicted molar refractivity (Wildman–Crippen MR) is 48.6 cm³/mol. The summed E-state index contributed by atoms with van der Waals surface area (Å²) in [5.41, 5.74) is 0.731. The molecule has 10 heavy (non-hydrogen) atoms. The normalized spacial score (nSPS) is 10.0. The third-order valence-corrected chi connectivity index (χ3v) is 2.73. The van der Waals surface area contributed by atoms with Crippen LogP contribution >= 0.6 is 39.1 Å². The van der Waals surface area contributed by atoms with Crippen molar-refractivity contribution < 1.29 is 0 Å². The fourth-order valence-electron chi connectivity index (χ4n) is 0.569. The molecule has 0 aromatic heterocycles. The van der Waals surface area contributed by atoms with Crippen LogP contribution in [-0.4, -0.2) is 0 Å². The first kappa shape index (κ1) is 8.38. The number of hydrogen-bond donors (Lipinski definition) is 0. The van der Waals surface area contributed by atoms with Crippen LogP contribution in [0.4, 0.5) is 0 Å². The van der Waals surface area contributed by atoms with E-state index in [9.17, 15) is 0 Å². The SMILES string of the molecule is [CH2]c1c(Br)ccc(Cl)c1Cl. The van der Waals surface area contributed by atoms with Gasteiger partial charge in [0.2, 0.25) is 0 Å². The van der Waals surface area contributed by atoms with Crippen LogP contribution < -0.4 is 0 Å². The van der Waals surface area contributed by atoms with Crippen LogP contribution in [-0.2, 0) is 0 Å². The highest BCUT2D eigenvalue weighted by Gasteiger charge is 2.02. The Hall–Kier alpha value is 0.280. The number of benzene rings is 1. The van der Waals surface area contributed by atoms with Gasteiger partial charge in [-0.25, -0.2) is 0 Å².